The summed E-state index contributed by atoms with van der Waals surface area (Å²) in [6, 6.07) is 29.7. The quantitative estimate of drug-likeness (QED) is 0.0700. The number of hydrogen-bond acceptors (Lipinski definition) is 8. The highest BCUT2D eigenvalue weighted by molar-refractivity contribution is 7.80. The van der Waals surface area contributed by atoms with Gasteiger partial charge in [0.05, 0.1) is 6.04 Å². The van der Waals surface area contributed by atoms with Gasteiger partial charge in [0.25, 0.3) is 0 Å². The summed E-state index contributed by atoms with van der Waals surface area (Å²) in [7, 11) is 0. The molecule has 4 aromatic carbocycles. The molecule has 7 N–H and O–H groups in total. The molecule has 6 atom stereocenters. The van der Waals surface area contributed by atoms with E-state index < -0.39 is 71.8 Å². The van der Waals surface area contributed by atoms with Crippen molar-refractivity contribution in [3.63, 3.8) is 0 Å². The maximum Gasteiger partial charge on any atom is 0.326 e. The topological polar surface area (TPSA) is 200 Å². The Morgan fingerprint density at radius 2 is 0.983 bits per heavy atom. The fraction of sp³-hybridized carbons (Fsp3) is 0.318. The van der Waals surface area contributed by atoms with Gasteiger partial charge in [0.1, 0.15) is 30.2 Å². The van der Waals surface area contributed by atoms with E-state index >= 15 is 0 Å². The van der Waals surface area contributed by atoms with Crippen LogP contribution in [0.15, 0.2) is 121 Å². The van der Waals surface area contributed by atoms with E-state index in [4.69, 9.17) is 5.73 Å². The van der Waals surface area contributed by atoms with E-state index in [2.05, 4.69) is 33.9 Å². The van der Waals surface area contributed by atoms with Crippen molar-refractivity contribution < 1.29 is 33.9 Å². The number of carbonyl (C=O) groups excluding carboxylic acids is 5. The number of rotatable bonds is 19. The molecule has 14 heteroatoms. The van der Waals surface area contributed by atoms with Crippen molar-refractivity contribution in [3.8, 4) is 0 Å². The van der Waals surface area contributed by atoms with Crippen molar-refractivity contribution in [2.24, 2.45) is 5.73 Å². The summed E-state index contributed by atoms with van der Waals surface area (Å²) in [5.41, 5.74) is 9.36. The number of aliphatic carboxylic acids is 1. The van der Waals surface area contributed by atoms with E-state index in [1.54, 1.807) is 48.5 Å². The van der Waals surface area contributed by atoms with E-state index in [9.17, 15) is 33.9 Å². The first-order valence-electron chi connectivity index (χ1n) is 19.3. The van der Waals surface area contributed by atoms with Gasteiger partial charge in [-0.3, -0.25) is 24.0 Å². The van der Waals surface area contributed by atoms with Gasteiger partial charge in [-0.05, 0) is 41.5 Å². The molecule has 5 amide bonds. The fourth-order valence-corrected chi connectivity index (χ4v) is 7.16. The van der Waals surface area contributed by atoms with Crippen LogP contribution in [0.2, 0.25) is 0 Å². The summed E-state index contributed by atoms with van der Waals surface area (Å²) in [5, 5.41) is 20.8. The molecular formula is C44H50N6O7S. The minimum Gasteiger partial charge on any atom is -0.480 e. The Hall–Kier alpha value is -5.99. The van der Waals surface area contributed by atoms with Crippen molar-refractivity contribution in [1.29, 1.82) is 0 Å². The van der Waals surface area contributed by atoms with E-state index in [1.165, 1.54) is 4.90 Å². The van der Waals surface area contributed by atoms with Crippen LogP contribution < -0.4 is 27.0 Å². The zero-order valence-corrected chi connectivity index (χ0v) is 32.9. The number of amides is 5. The van der Waals surface area contributed by atoms with Crippen molar-refractivity contribution in [1.82, 2.24) is 26.2 Å². The smallest absolute Gasteiger partial charge is 0.326 e. The number of benzene rings is 4. The van der Waals surface area contributed by atoms with Crippen molar-refractivity contribution in [2.45, 2.75) is 74.8 Å². The number of likely N-dealkylation sites (tertiary alicyclic amines) is 1. The van der Waals surface area contributed by atoms with Crippen LogP contribution in [0.4, 0.5) is 0 Å². The number of thiol groups is 1. The summed E-state index contributed by atoms with van der Waals surface area (Å²) in [5.74, 6) is -4.36. The Labute approximate surface area is 343 Å². The number of carbonyl (C=O) groups is 6. The summed E-state index contributed by atoms with van der Waals surface area (Å²) >= 11 is 4.37. The molecule has 1 saturated heterocycles. The highest BCUT2D eigenvalue weighted by Gasteiger charge is 2.39. The lowest BCUT2D eigenvalue weighted by atomic mass is 10.0. The summed E-state index contributed by atoms with van der Waals surface area (Å²) in [4.78, 5) is 82.5. The predicted octanol–water partition coefficient (Wildman–Crippen LogP) is 2.23. The normalized spacial score (nSPS) is 16.2. The van der Waals surface area contributed by atoms with Crippen LogP contribution in [0.3, 0.4) is 0 Å². The molecule has 5 rings (SSSR count). The first kappa shape index (κ1) is 43.1. The van der Waals surface area contributed by atoms with Crippen molar-refractivity contribution in [3.05, 3.63) is 144 Å². The number of nitrogens with zero attached hydrogens (tertiary/aromatic N) is 1. The lowest BCUT2D eigenvalue weighted by Gasteiger charge is -2.30. The van der Waals surface area contributed by atoms with Crippen molar-refractivity contribution >= 4 is 48.1 Å². The minimum atomic E-state index is -1.22. The zero-order chi connectivity index (χ0) is 41.4. The third-order valence-electron chi connectivity index (χ3n) is 10.00. The SMILES string of the molecule is N[C@@H](Cc1ccccc1)C(=O)N[C@@H](Cc1ccccc1)C(=O)N[C@@H](Cc1ccccc1)C(=O)N[C@@H](CS)C(=O)N1CCC[C@H]1C(=O)N[C@@H](Cc1ccccc1)C(=O)O. The molecular weight excluding hydrogens is 757 g/mol. The number of hydrogen-bond donors (Lipinski definition) is 7. The molecule has 0 radical (unpaired) electrons. The van der Waals surface area contributed by atoms with E-state index in [0.29, 0.717) is 12.8 Å². The van der Waals surface area contributed by atoms with Crippen LogP contribution in [0.1, 0.15) is 35.1 Å². The van der Waals surface area contributed by atoms with Gasteiger partial charge in [-0.1, -0.05) is 121 Å². The van der Waals surface area contributed by atoms with Crippen LogP contribution in [0.5, 0.6) is 0 Å². The number of carboxylic acids is 1. The Kier molecular flexibility index (Phi) is 16.0. The van der Waals surface area contributed by atoms with Gasteiger partial charge >= 0.3 is 5.97 Å². The second-order valence-corrected chi connectivity index (χ2v) is 14.7. The molecule has 0 saturated carbocycles. The Bertz CT molecular complexity index is 1990. The summed E-state index contributed by atoms with van der Waals surface area (Å²) < 4.78 is 0. The molecule has 58 heavy (non-hydrogen) atoms. The highest BCUT2D eigenvalue weighted by Crippen LogP contribution is 2.20. The standard InChI is InChI=1S/C44H50N6O7S/c45-33(24-29-14-5-1-6-15-29)39(51)46-34(25-30-16-7-2-8-17-30)40(52)47-35(26-31-18-9-3-10-19-31)41(53)49-37(28-58)43(55)50-23-13-22-38(50)42(54)48-36(44(56)57)27-32-20-11-4-12-21-32/h1-12,14-21,33-38,58H,13,22-28,45H2,(H,46,51)(H,47,52)(H,48,54)(H,49,53)(H,56,57)/t33-,34-,35-,36-,37-,38-/m0/s1. The zero-order valence-electron chi connectivity index (χ0n) is 32.0. The van der Waals surface area contributed by atoms with E-state index in [1.807, 2.05) is 72.8 Å². The second-order valence-electron chi connectivity index (χ2n) is 14.3. The first-order valence-corrected chi connectivity index (χ1v) is 19.9. The fourth-order valence-electron chi connectivity index (χ4n) is 6.91. The average Bonchev–Trinajstić information content (AvgIpc) is 3.74. The lowest BCUT2D eigenvalue weighted by molar-refractivity contribution is -0.144. The maximum absolute atomic E-state index is 14.1. The third-order valence-corrected chi connectivity index (χ3v) is 10.4. The Balaban J connectivity index is 1.30. The molecule has 1 aliphatic heterocycles. The molecule has 1 aliphatic rings. The monoisotopic (exact) mass is 806 g/mol. The van der Waals surface area contributed by atoms with Crippen molar-refractivity contribution in [2.75, 3.05) is 12.3 Å². The molecule has 13 nitrogen and oxygen atoms in total. The first-order chi connectivity index (χ1) is 28.0. The molecule has 4 aromatic rings. The van der Waals surface area contributed by atoms with Gasteiger partial charge in [-0.2, -0.15) is 12.6 Å². The molecule has 1 fully saturated rings. The number of nitrogens with one attached hydrogen (secondary N) is 4. The van der Waals surface area contributed by atoms with Gasteiger partial charge in [0, 0.05) is 31.6 Å². The number of nitrogens with two attached hydrogens (primary N) is 1. The summed E-state index contributed by atoms with van der Waals surface area (Å²) in [6.07, 6.45) is 1.27. The highest BCUT2D eigenvalue weighted by atomic mass is 32.1. The van der Waals surface area contributed by atoms with E-state index in [0.717, 1.165) is 22.3 Å². The predicted molar refractivity (Wildman–Crippen MR) is 223 cm³/mol. The van der Waals surface area contributed by atoms with Crippen LogP contribution in [-0.4, -0.2) is 94.1 Å². The molecule has 0 bridgehead atoms. The van der Waals surface area contributed by atoms with Gasteiger partial charge in [-0.15, -0.1) is 0 Å². The largest absolute Gasteiger partial charge is 0.480 e. The maximum atomic E-state index is 14.1. The van der Waals surface area contributed by atoms with Gasteiger partial charge in [-0.25, -0.2) is 4.79 Å². The minimum absolute atomic E-state index is 0.0537. The average molecular weight is 807 g/mol. The van der Waals surface area contributed by atoms with Crippen LogP contribution >= 0.6 is 12.6 Å². The van der Waals surface area contributed by atoms with Gasteiger partial charge < -0.3 is 37.0 Å². The van der Waals surface area contributed by atoms with Gasteiger partial charge in [0.2, 0.25) is 29.5 Å². The molecule has 0 spiro atoms. The van der Waals surface area contributed by atoms with Crippen LogP contribution in [-0.2, 0) is 54.5 Å². The molecule has 0 aliphatic carbocycles. The van der Waals surface area contributed by atoms with E-state index in [-0.39, 0.29) is 38.0 Å². The Morgan fingerprint density at radius 1 is 0.586 bits per heavy atom. The third kappa shape index (κ3) is 12.5. The second kappa shape index (κ2) is 21.5. The Morgan fingerprint density at radius 3 is 1.41 bits per heavy atom. The molecule has 0 unspecified atom stereocenters. The lowest BCUT2D eigenvalue weighted by Crippen LogP contribution is -2.60. The van der Waals surface area contributed by atoms with Gasteiger partial charge in [0.15, 0.2) is 0 Å². The summed E-state index contributed by atoms with van der Waals surface area (Å²) in [6.45, 7) is 0.213. The number of carboxylic acid groups (broad SMARTS) is 1. The molecule has 0 aromatic heterocycles. The van der Waals surface area contributed by atoms with Crippen LogP contribution in [0, 0.1) is 0 Å². The van der Waals surface area contributed by atoms with Crippen LogP contribution in [0.25, 0.3) is 0 Å². The molecule has 1 heterocycles. The molecule has 304 valence electrons.